The zero-order valence-electron chi connectivity index (χ0n) is 6.38. The van der Waals surface area contributed by atoms with Gasteiger partial charge in [-0.3, -0.25) is 0 Å². The van der Waals surface area contributed by atoms with Gasteiger partial charge in [-0.25, -0.2) is 0 Å². The van der Waals surface area contributed by atoms with Gasteiger partial charge in [0.05, 0.1) is 7.11 Å². The molecule has 0 saturated carbocycles. The smallest absolute Gasteiger partial charge is 0.122 e. The minimum Gasteiger partial charge on any atom is -0.496 e. The summed E-state index contributed by atoms with van der Waals surface area (Å²) in [5.74, 6) is 0.923. The van der Waals surface area contributed by atoms with E-state index < -0.39 is 0 Å². The predicted octanol–water partition coefficient (Wildman–Crippen LogP) is 2.64. The Balaban J connectivity index is 2.83. The zero-order valence-corrected chi connectivity index (χ0v) is 7.97. The van der Waals surface area contributed by atoms with Crippen LogP contribution in [-0.4, -0.2) is 12.4 Å². The Labute approximate surface area is 75.5 Å². The molecule has 0 bridgehead atoms. The van der Waals surface area contributed by atoms with Crippen LogP contribution in [0, 0.1) is 6.42 Å². The van der Waals surface area contributed by atoms with Gasteiger partial charge in [-0.1, -0.05) is 34.1 Å². The molecule has 1 radical (unpaired) electrons. The van der Waals surface area contributed by atoms with Gasteiger partial charge < -0.3 is 4.74 Å². The van der Waals surface area contributed by atoms with Crippen LogP contribution in [0.2, 0.25) is 0 Å². The van der Waals surface area contributed by atoms with E-state index in [0.29, 0.717) is 0 Å². The van der Waals surface area contributed by atoms with Gasteiger partial charge in [-0.15, -0.1) is 0 Å². The Morgan fingerprint density at radius 2 is 2.18 bits per heavy atom. The summed E-state index contributed by atoms with van der Waals surface area (Å²) in [5.41, 5.74) is 1.13. The van der Waals surface area contributed by atoms with Crippen LogP contribution in [-0.2, 0) is 0 Å². The molecule has 0 fully saturated rings. The topological polar surface area (TPSA) is 9.23 Å². The maximum atomic E-state index is 5.15. The number of alkyl halides is 1. The van der Waals surface area contributed by atoms with Gasteiger partial charge >= 0.3 is 0 Å². The first-order chi connectivity index (χ1) is 5.38. The fourth-order valence-corrected chi connectivity index (χ4v) is 1.27. The molecule has 2 heteroatoms. The third-order valence-electron chi connectivity index (χ3n) is 1.44. The van der Waals surface area contributed by atoms with Crippen molar-refractivity contribution < 1.29 is 4.74 Å². The van der Waals surface area contributed by atoms with Crippen molar-refractivity contribution in [2.75, 3.05) is 12.4 Å². The standard InChI is InChI=1S/C9H10BrO/c1-11-9-5-3-2-4-8(9)6-7-10/h2-6H,7H2,1H3. The van der Waals surface area contributed by atoms with Crippen molar-refractivity contribution in [2.45, 2.75) is 0 Å². The molecular weight excluding hydrogens is 204 g/mol. The third-order valence-corrected chi connectivity index (χ3v) is 1.76. The Morgan fingerprint density at radius 3 is 2.82 bits per heavy atom. The van der Waals surface area contributed by atoms with Crippen molar-refractivity contribution in [1.82, 2.24) is 0 Å². The summed E-state index contributed by atoms with van der Waals surface area (Å²) in [6.07, 6.45) is 2.07. The molecule has 1 aromatic carbocycles. The van der Waals surface area contributed by atoms with E-state index in [1.54, 1.807) is 7.11 Å². The number of methoxy groups -OCH3 is 1. The lowest BCUT2D eigenvalue weighted by Gasteiger charge is -2.04. The highest BCUT2D eigenvalue weighted by molar-refractivity contribution is 9.09. The molecule has 1 nitrogen and oxygen atoms in total. The number of rotatable bonds is 3. The molecule has 0 aliphatic rings. The van der Waals surface area contributed by atoms with E-state index in [1.165, 1.54) is 0 Å². The lowest BCUT2D eigenvalue weighted by atomic mass is 10.1. The van der Waals surface area contributed by atoms with Crippen molar-refractivity contribution in [1.29, 1.82) is 0 Å². The van der Waals surface area contributed by atoms with Crippen LogP contribution in [0.15, 0.2) is 24.3 Å². The molecule has 0 atom stereocenters. The highest BCUT2D eigenvalue weighted by Gasteiger charge is 1.98. The summed E-state index contributed by atoms with van der Waals surface area (Å²) in [4.78, 5) is 0. The quantitative estimate of drug-likeness (QED) is 0.702. The molecule has 0 unspecified atom stereocenters. The number of hydrogen-bond donors (Lipinski definition) is 0. The van der Waals surface area contributed by atoms with Gasteiger partial charge in [0, 0.05) is 11.8 Å². The minimum absolute atomic E-state index is 0.855. The monoisotopic (exact) mass is 213 g/mol. The fraction of sp³-hybridized carbons (Fsp3) is 0.222. The van der Waals surface area contributed by atoms with E-state index in [0.717, 1.165) is 16.6 Å². The average Bonchev–Trinajstić information content (AvgIpc) is 2.06. The second-order valence-corrected chi connectivity index (χ2v) is 2.75. The van der Waals surface area contributed by atoms with Crippen LogP contribution >= 0.6 is 15.9 Å². The molecule has 0 heterocycles. The lowest BCUT2D eigenvalue weighted by Crippen LogP contribution is -1.89. The number of para-hydroxylation sites is 1. The Bertz CT molecular complexity index is 223. The van der Waals surface area contributed by atoms with E-state index in [1.807, 2.05) is 24.3 Å². The van der Waals surface area contributed by atoms with Gasteiger partial charge in [0.15, 0.2) is 0 Å². The molecule has 1 rings (SSSR count). The normalized spacial score (nSPS) is 9.64. The maximum absolute atomic E-state index is 5.15. The number of benzene rings is 1. The predicted molar refractivity (Wildman–Crippen MR) is 50.2 cm³/mol. The molecule has 0 N–H and O–H groups in total. The molecule has 11 heavy (non-hydrogen) atoms. The molecule has 0 aromatic heterocycles. The number of halogens is 1. The second kappa shape index (κ2) is 4.39. The number of ether oxygens (including phenoxy) is 1. The summed E-state index contributed by atoms with van der Waals surface area (Å²) >= 11 is 3.34. The van der Waals surface area contributed by atoms with Crippen LogP contribution in [0.1, 0.15) is 5.56 Å². The van der Waals surface area contributed by atoms with E-state index >= 15 is 0 Å². The van der Waals surface area contributed by atoms with Crippen LogP contribution in [0.3, 0.4) is 0 Å². The highest BCUT2D eigenvalue weighted by Crippen LogP contribution is 2.19. The molecule has 0 aliphatic heterocycles. The first-order valence-electron chi connectivity index (χ1n) is 3.40. The summed E-state index contributed by atoms with van der Waals surface area (Å²) in [6.45, 7) is 0. The molecule has 0 amide bonds. The van der Waals surface area contributed by atoms with Crippen LogP contribution < -0.4 is 4.74 Å². The molecule has 0 saturated heterocycles. The molecule has 59 valence electrons. The molecule has 1 aromatic rings. The van der Waals surface area contributed by atoms with Gasteiger partial charge in [-0.2, -0.15) is 0 Å². The maximum Gasteiger partial charge on any atom is 0.122 e. The SMILES string of the molecule is COc1ccccc1[CH]CBr. The van der Waals surface area contributed by atoms with Crippen molar-refractivity contribution in [3.63, 3.8) is 0 Å². The fourth-order valence-electron chi connectivity index (χ4n) is 0.918. The van der Waals surface area contributed by atoms with Crippen LogP contribution in [0.5, 0.6) is 5.75 Å². The third kappa shape index (κ3) is 2.22. The number of hydrogen-bond acceptors (Lipinski definition) is 1. The highest BCUT2D eigenvalue weighted by atomic mass is 79.9. The molecule has 0 aliphatic carbocycles. The Morgan fingerprint density at radius 1 is 1.45 bits per heavy atom. The first kappa shape index (κ1) is 8.60. The largest absolute Gasteiger partial charge is 0.496 e. The van der Waals surface area contributed by atoms with Gasteiger partial charge in [0.2, 0.25) is 0 Å². The lowest BCUT2D eigenvalue weighted by molar-refractivity contribution is 0.412. The summed E-state index contributed by atoms with van der Waals surface area (Å²) < 4.78 is 5.15. The average molecular weight is 214 g/mol. The Kier molecular flexibility index (Phi) is 3.43. The van der Waals surface area contributed by atoms with E-state index in [4.69, 9.17) is 4.74 Å². The van der Waals surface area contributed by atoms with Gasteiger partial charge in [0.1, 0.15) is 5.75 Å². The summed E-state index contributed by atoms with van der Waals surface area (Å²) in [6, 6.07) is 7.94. The van der Waals surface area contributed by atoms with Crippen molar-refractivity contribution in [2.24, 2.45) is 0 Å². The van der Waals surface area contributed by atoms with Crippen LogP contribution in [0.4, 0.5) is 0 Å². The van der Waals surface area contributed by atoms with Crippen LogP contribution in [0.25, 0.3) is 0 Å². The van der Waals surface area contributed by atoms with Crippen molar-refractivity contribution >= 4 is 15.9 Å². The van der Waals surface area contributed by atoms with E-state index in [2.05, 4.69) is 22.4 Å². The van der Waals surface area contributed by atoms with Gasteiger partial charge in [0.25, 0.3) is 0 Å². The molecule has 0 spiro atoms. The minimum atomic E-state index is 0.855. The summed E-state index contributed by atoms with van der Waals surface area (Å²) in [7, 11) is 1.68. The first-order valence-corrected chi connectivity index (χ1v) is 4.53. The van der Waals surface area contributed by atoms with Gasteiger partial charge in [-0.05, 0) is 11.6 Å². The summed E-state index contributed by atoms with van der Waals surface area (Å²) in [5, 5.41) is 0.855. The van der Waals surface area contributed by atoms with E-state index in [-0.39, 0.29) is 0 Å². The van der Waals surface area contributed by atoms with Crippen molar-refractivity contribution in [3.8, 4) is 5.75 Å². The second-order valence-electron chi connectivity index (χ2n) is 2.10. The van der Waals surface area contributed by atoms with E-state index in [9.17, 15) is 0 Å². The van der Waals surface area contributed by atoms with Crippen molar-refractivity contribution in [3.05, 3.63) is 36.2 Å². The zero-order chi connectivity index (χ0) is 8.10. The molecular formula is C9H10BrO. The Hall–Kier alpha value is -0.500.